The van der Waals surface area contributed by atoms with Gasteiger partial charge in [-0.3, -0.25) is 0 Å². The van der Waals surface area contributed by atoms with Gasteiger partial charge in [0.15, 0.2) is 0 Å². The van der Waals surface area contributed by atoms with Gasteiger partial charge in [0.2, 0.25) is 0 Å². The van der Waals surface area contributed by atoms with Gasteiger partial charge in [-0.05, 0) is 38.3 Å². The third-order valence-electron chi connectivity index (χ3n) is 2.88. The van der Waals surface area contributed by atoms with E-state index in [1.807, 2.05) is 13.0 Å². The van der Waals surface area contributed by atoms with Gasteiger partial charge in [0, 0.05) is 26.4 Å². The van der Waals surface area contributed by atoms with E-state index in [4.69, 9.17) is 19.9 Å². The second-order valence-corrected chi connectivity index (χ2v) is 5.10. The highest BCUT2D eigenvalue weighted by atomic mass is 16.5. The average molecular weight is 281 g/mol. The average Bonchev–Trinajstić information content (AvgIpc) is 2.39. The fourth-order valence-corrected chi connectivity index (χ4v) is 1.97. The Morgan fingerprint density at radius 1 is 1.15 bits per heavy atom. The summed E-state index contributed by atoms with van der Waals surface area (Å²) in [5, 5.41) is 0. The number of benzene rings is 1. The van der Waals surface area contributed by atoms with Gasteiger partial charge < -0.3 is 19.9 Å². The molecule has 1 aromatic carbocycles. The van der Waals surface area contributed by atoms with Crippen LogP contribution in [0.3, 0.4) is 0 Å². The van der Waals surface area contributed by atoms with E-state index in [9.17, 15) is 0 Å². The molecule has 0 aromatic heterocycles. The van der Waals surface area contributed by atoms with Crippen LogP contribution in [0.5, 0.6) is 5.75 Å². The summed E-state index contributed by atoms with van der Waals surface area (Å²) in [5.74, 6) is 0.911. The normalized spacial score (nSPS) is 12.4. The summed E-state index contributed by atoms with van der Waals surface area (Å²) in [6.07, 6.45) is 1.74. The highest BCUT2D eigenvalue weighted by Crippen LogP contribution is 2.21. The smallest absolute Gasteiger partial charge is 0.122 e. The number of aryl methyl sites for hydroxylation is 1. The molecule has 0 fully saturated rings. The minimum atomic E-state index is 0.129. The van der Waals surface area contributed by atoms with Gasteiger partial charge in [0.1, 0.15) is 12.4 Å². The summed E-state index contributed by atoms with van der Waals surface area (Å²) in [6, 6.07) is 6.33. The Kier molecular flexibility index (Phi) is 8.26. The van der Waals surface area contributed by atoms with Crippen LogP contribution in [0.1, 0.15) is 24.5 Å². The van der Waals surface area contributed by atoms with Gasteiger partial charge in [-0.1, -0.05) is 17.7 Å². The molecule has 4 heteroatoms. The van der Waals surface area contributed by atoms with Gasteiger partial charge in [0.05, 0.1) is 6.61 Å². The molecule has 0 heterocycles. The van der Waals surface area contributed by atoms with Gasteiger partial charge >= 0.3 is 0 Å². The third-order valence-corrected chi connectivity index (χ3v) is 2.88. The maximum atomic E-state index is 5.87. The second kappa shape index (κ2) is 9.75. The highest BCUT2D eigenvalue weighted by molar-refractivity contribution is 5.37. The van der Waals surface area contributed by atoms with Crippen LogP contribution in [0.4, 0.5) is 0 Å². The zero-order chi connectivity index (χ0) is 14.8. The maximum Gasteiger partial charge on any atom is 0.122 e. The molecule has 0 spiro atoms. The van der Waals surface area contributed by atoms with Crippen LogP contribution in [0, 0.1) is 6.92 Å². The Hall–Kier alpha value is -1.10. The lowest BCUT2D eigenvalue weighted by molar-refractivity contribution is 0.0804. The summed E-state index contributed by atoms with van der Waals surface area (Å²) in [6.45, 7) is 6.67. The van der Waals surface area contributed by atoms with Crippen LogP contribution in [-0.2, 0) is 15.9 Å². The molecule has 0 saturated heterocycles. The Labute approximate surface area is 122 Å². The van der Waals surface area contributed by atoms with E-state index in [0.29, 0.717) is 19.8 Å². The van der Waals surface area contributed by atoms with Crippen molar-refractivity contribution < 1.29 is 14.2 Å². The fraction of sp³-hybridized carbons (Fsp3) is 0.625. The molecule has 114 valence electrons. The van der Waals surface area contributed by atoms with E-state index < -0.39 is 0 Å². The van der Waals surface area contributed by atoms with Crippen molar-refractivity contribution in [3.63, 3.8) is 0 Å². The minimum absolute atomic E-state index is 0.129. The summed E-state index contributed by atoms with van der Waals surface area (Å²) in [5.41, 5.74) is 8.27. The molecule has 20 heavy (non-hydrogen) atoms. The van der Waals surface area contributed by atoms with Gasteiger partial charge in [0.25, 0.3) is 0 Å². The molecule has 1 unspecified atom stereocenters. The molecular weight excluding hydrogens is 254 g/mol. The number of ether oxygens (including phenoxy) is 3. The number of hydrogen-bond acceptors (Lipinski definition) is 4. The first-order valence-electron chi connectivity index (χ1n) is 7.18. The molecule has 0 bridgehead atoms. The first kappa shape index (κ1) is 17.0. The zero-order valence-electron chi connectivity index (χ0n) is 12.9. The van der Waals surface area contributed by atoms with E-state index in [2.05, 4.69) is 19.1 Å². The van der Waals surface area contributed by atoms with Crippen molar-refractivity contribution in [2.75, 3.05) is 33.5 Å². The van der Waals surface area contributed by atoms with E-state index in [1.165, 1.54) is 11.1 Å². The Morgan fingerprint density at radius 3 is 2.65 bits per heavy atom. The minimum Gasteiger partial charge on any atom is -0.491 e. The van der Waals surface area contributed by atoms with Crippen molar-refractivity contribution in [3.8, 4) is 5.75 Å². The molecule has 0 aliphatic heterocycles. The van der Waals surface area contributed by atoms with Crippen LogP contribution in [0.15, 0.2) is 18.2 Å². The zero-order valence-corrected chi connectivity index (χ0v) is 12.9. The van der Waals surface area contributed by atoms with Crippen LogP contribution in [-0.4, -0.2) is 39.6 Å². The molecule has 1 rings (SSSR count). The Balaban J connectivity index is 2.35. The quantitative estimate of drug-likeness (QED) is 0.669. The SMILES string of the molecule is COCCCOCCOc1ccc(C)cc1CC(C)N. The fourth-order valence-electron chi connectivity index (χ4n) is 1.97. The Bertz CT molecular complexity index is 380. The first-order chi connectivity index (χ1) is 9.63. The van der Waals surface area contributed by atoms with Gasteiger partial charge in [-0.2, -0.15) is 0 Å². The predicted molar refractivity (Wildman–Crippen MR) is 81.3 cm³/mol. The molecule has 4 nitrogen and oxygen atoms in total. The molecule has 1 aromatic rings. The summed E-state index contributed by atoms with van der Waals surface area (Å²) >= 11 is 0. The maximum absolute atomic E-state index is 5.87. The summed E-state index contributed by atoms with van der Waals surface area (Å²) < 4.78 is 16.2. The molecule has 0 amide bonds. The van der Waals surface area contributed by atoms with Crippen LogP contribution < -0.4 is 10.5 Å². The first-order valence-corrected chi connectivity index (χ1v) is 7.18. The van der Waals surface area contributed by atoms with Crippen molar-refractivity contribution in [2.24, 2.45) is 5.73 Å². The van der Waals surface area contributed by atoms with Crippen LogP contribution in [0.2, 0.25) is 0 Å². The van der Waals surface area contributed by atoms with Crippen LogP contribution >= 0.6 is 0 Å². The molecule has 0 aliphatic carbocycles. The van der Waals surface area contributed by atoms with Crippen LogP contribution in [0.25, 0.3) is 0 Å². The van der Waals surface area contributed by atoms with Crippen molar-refractivity contribution in [1.82, 2.24) is 0 Å². The van der Waals surface area contributed by atoms with E-state index in [-0.39, 0.29) is 6.04 Å². The second-order valence-electron chi connectivity index (χ2n) is 5.10. The lowest BCUT2D eigenvalue weighted by Crippen LogP contribution is -2.19. The molecule has 0 aliphatic rings. The molecule has 0 saturated carbocycles. The molecule has 2 N–H and O–H groups in total. The largest absolute Gasteiger partial charge is 0.491 e. The monoisotopic (exact) mass is 281 g/mol. The Morgan fingerprint density at radius 2 is 1.95 bits per heavy atom. The number of rotatable bonds is 10. The van der Waals surface area contributed by atoms with Crippen molar-refractivity contribution in [3.05, 3.63) is 29.3 Å². The summed E-state index contributed by atoms with van der Waals surface area (Å²) in [4.78, 5) is 0. The lowest BCUT2D eigenvalue weighted by Gasteiger charge is -2.14. The standard InChI is InChI=1S/C16H27NO3/c1-13-5-6-16(15(11-13)12-14(2)17)20-10-9-19-8-4-7-18-3/h5-6,11,14H,4,7-10,12,17H2,1-3H3. The number of hydrogen-bond donors (Lipinski definition) is 1. The van der Waals surface area contributed by atoms with Crippen molar-refractivity contribution >= 4 is 0 Å². The number of methoxy groups -OCH3 is 1. The molecule has 1 atom stereocenters. The van der Waals surface area contributed by atoms with Gasteiger partial charge in [-0.15, -0.1) is 0 Å². The molecular formula is C16H27NO3. The summed E-state index contributed by atoms with van der Waals surface area (Å²) in [7, 11) is 1.69. The van der Waals surface area contributed by atoms with Crippen molar-refractivity contribution in [1.29, 1.82) is 0 Å². The van der Waals surface area contributed by atoms with Gasteiger partial charge in [-0.25, -0.2) is 0 Å². The van der Waals surface area contributed by atoms with E-state index >= 15 is 0 Å². The van der Waals surface area contributed by atoms with E-state index in [1.54, 1.807) is 7.11 Å². The predicted octanol–water partition coefficient (Wildman–Crippen LogP) is 2.32. The molecule has 0 radical (unpaired) electrons. The van der Waals surface area contributed by atoms with Crippen molar-refractivity contribution in [2.45, 2.75) is 32.7 Å². The van der Waals surface area contributed by atoms with E-state index in [0.717, 1.165) is 25.2 Å². The topological polar surface area (TPSA) is 53.7 Å². The highest BCUT2D eigenvalue weighted by Gasteiger charge is 2.06. The number of nitrogens with two attached hydrogens (primary N) is 1. The lowest BCUT2D eigenvalue weighted by atomic mass is 10.0. The third kappa shape index (κ3) is 6.89.